The second kappa shape index (κ2) is 14.9. The molecule has 0 aromatic heterocycles. The van der Waals surface area contributed by atoms with Crippen LogP contribution in [0.5, 0.6) is 0 Å². The molecule has 1 unspecified atom stereocenters. The third kappa shape index (κ3) is 9.38. The van der Waals surface area contributed by atoms with E-state index in [0.29, 0.717) is 26.3 Å². The van der Waals surface area contributed by atoms with Gasteiger partial charge in [-0.15, -0.1) is 0 Å². The van der Waals surface area contributed by atoms with Gasteiger partial charge in [-0.1, -0.05) is 26.1 Å². The van der Waals surface area contributed by atoms with E-state index in [4.69, 9.17) is 33.9 Å². The molecule has 2 aliphatic heterocycles. The Morgan fingerprint density at radius 1 is 0.895 bits per heavy atom. The van der Waals surface area contributed by atoms with E-state index in [1.165, 1.54) is 4.90 Å². The van der Waals surface area contributed by atoms with E-state index in [2.05, 4.69) is 51.3 Å². The maximum Gasteiger partial charge on any atom is 0.327 e. The summed E-state index contributed by atoms with van der Waals surface area (Å²) in [5, 5.41) is 0.858. The molecule has 0 bridgehead atoms. The number of urea groups is 1. The monoisotopic (exact) mass is 570 g/mol. The molecule has 218 valence electrons. The number of likely N-dealkylation sites (N-methyl/N-ethyl adjacent to an activating group) is 2. The van der Waals surface area contributed by atoms with Crippen molar-refractivity contribution in [3.05, 3.63) is 0 Å². The number of carbonyl (C=O) groups is 2. The van der Waals surface area contributed by atoms with Crippen molar-refractivity contribution < 1.29 is 19.1 Å². The fourth-order valence-corrected chi connectivity index (χ4v) is 6.09. The number of thiocarbonyl (C=S) groups is 2. The minimum absolute atomic E-state index is 0.0774. The Balaban J connectivity index is 1.53. The highest BCUT2D eigenvalue weighted by Crippen LogP contribution is 2.29. The van der Waals surface area contributed by atoms with Crippen molar-refractivity contribution in [2.45, 2.75) is 98.6 Å². The summed E-state index contributed by atoms with van der Waals surface area (Å²) in [5.74, 6) is -0.0963. The molecule has 2 fully saturated rings. The van der Waals surface area contributed by atoms with Crippen LogP contribution in [-0.2, 0) is 14.3 Å². The van der Waals surface area contributed by atoms with Crippen molar-refractivity contribution in [1.82, 2.24) is 19.6 Å². The number of hydrogen-bond donors (Lipinski definition) is 0. The smallest absolute Gasteiger partial charge is 0.327 e. The van der Waals surface area contributed by atoms with Crippen molar-refractivity contribution in [1.29, 1.82) is 0 Å². The lowest BCUT2D eigenvalue weighted by Crippen LogP contribution is -2.47. The summed E-state index contributed by atoms with van der Waals surface area (Å²) in [7, 11) is 0. The van der Waals surface area contributed by atoms with Crippen molar-refractivity contribution in [3.63, 3.8) is 0 Å². The first-order valence-corrected chi connectivity index (χ1v) is 15.0. The van der Waals surface area contributed by atoms with Crippen LogP contribution in [0.3, 0.4) is 0 Å². The Morgan fingerprint density at radius 3 is 2.16 bits per heavy atom. The second-order valence-electron chi connectivity index (χ2n) is 11.9. The number of imide groups is 1. The number of rotatable bonds is 18. The standard InChI is InChI=1S/C28H50N4O4S2/c1-8-29-19-23(33)31(25(29)34)21-27(4,5)15-13-22(3)36-18-12-17-35-16-11-10-14-28(6,7)32-24(37)20-30(9-2)26(32)38/h22H,8-21H2,1-7H3. The molecule has 0 N–H and O–H groups in total. The first-order valence-electron chi connectivity index (χ1n) is 14.2. The van der Waals surface area contributed by atoms with Crippen molar-refractivity contribution in [3.8, 4) is 0 Å². The largest absolute Gasteiger partial charge is 0.381 e. The van der Waals surface area contributed by atoms with Crippen LogP contribution in [0.2, 0.25) is 0 Å². The van der Waals surface area contributed by atoms with E-state index in [9.17, 15) is 9.59 Å². The van der Waals surface area contributed by atoms with Crippen LogP contribution in [0, 0.1) is 5.41 Å². The summed E-state index contributed by atoms with van der Waals surface area (Å²) in [5.41, 5.74) is -0.226. The summed E-state index contributed by atoms with van der Waals surface area (Å²) < 4.78 is 11.8. The average Bonchev–Trinajstić information content (AvgIpc) is 3.30. The molecule has 10 heteroatoms. The molecule has 0 radical (unpaired) electrons. The summed E-state index contributed by atoms with van der Waals surface area (Å²) in [6.45, 7) is 19.7. The zero-order chi connectivity index (χ0) is 28.5. The van der Waals surface area contributed by atoms with Crippen LogP contribution in [0.1, 0.15) is 87.0 Å². The van der Waals surface area contributed by atoms with E-state index in [0.717, 1.165) is 68.3 Å². The molecule has 0 aromatic carbocycles. The van der Waals surface area contributed by atoms with Crippen LogP contribution < -0.4 is 0 Å². The second-order valence-corrected chi connectivity index (χ2v) is 12.8. The van der Waals surface area contributed by atoms with Crippen LogP contribution >= 0.6 is 24.4 Å². The lowest BCUT2D eigenvalue weighted by molar-refractivity contribution is -0.126. The number of unbranched alkanes of at least 4 members (excludes halogenated alkanes) is 1. The van der Waals surface area contributed by atoms with Crippen LogP contribution in [-0.4, -0.2) is 106 Å². The third-order valence-corrected chi connectivity index (χ3v) is 8.26. The molecule has 1 atom stereocenters. The van der Waals surface area contributed by atoms with E-state index < -0.39 is 0 Å². The molecule has 2 heterocycles. The van der Waals surface area contributed by atoms with Gasteiger partial charge in [0.1, 0.15) is 11.5 Å². The average molecular weight is 571 g/mol. The van der Waals surface area contributed by atoms with Gasteiger partial charge in [-0.3, -0.25) is 9.69 Å². The SMILES string of the molecule is CCN1CC(=O)N(CC(C)(C)CCC(C)OCCCOCCCCC(C)(C)N2C(=S)CN(CC)C2=S)C1=O. The molecule has 0 spiro atoms. The van der Waals surface area contributed by atoms with E-state index >= 15 is 0 Å². The molecule has 8 nitrogen and oxygen atoms in total. The summed E-state index contributed by atoms with van der Waals surface area (Å²) in [6, 6.07) is -0.165. The molecule has 3 amide bonds. The first-order chi connectivity index (χ1) is 17.8. The Labute approximate surface area is 241 Å². The number of hydrogen-bond acceptors (Lipinski definition) is 6. The number of ether oxygens (including phenoxy) is 2. The first kappa shape index (κ1) is 32.8. The Morgan fingerprint density at radius 2 is 1.55 bits per heavy atom. The van der Waals surface area contributed by atoms with Gasteiger partial charge in [0.15, 0.2) is 5.11 Å². The number of carbonyl (C=O) groups excluding carboxylic acids is 2. The fourth-order valence-electron chi connectivity index (χ4n) is 5.00. The van der Waals surface area contributed by atoms with Crippen LogP contribution in [0.25, 0.3) is 0 Å². The number of amides is 3. The molecular formula is C28H50N4O4S2. The van der Waals surface area contributed by atoms with Gasteiger partial charge >= 0.3 is 6.03 Å². The molecular weight excluding hydrogens is 520 g/mol. The van der Waals surface area contributed by atoms with Gasteiger partial charge < -0.3 is 24.2 Å². The molecule has 2 saturated heterocycles. The molecule has 2 rings (SSSR count). The quantitative estimate of drug-likeness (QED) is 0.128. The number of nitrogens with zero attached hydrogens (tertiary/aromatic N) is 4. The van der Waals surface area contributed by atoms with Gasteiger partial charge in [-0.25, -0.2) is 4.79 Å². The van der Waals surface area contributed by atoms with Gasteiger partial charge in [-0.05, 0) is 90.8 Å². The maximum absolute atomic E-state index is 12.4. The summed E-state index contributed by atoms with van der Waals surface area (Å²) in [6.07, 6.45) is 5.85. The molecule has 2 aliphatic rings. The molecule has 0 aliphatic carbocycles. The minimum atomic E-state index is -0.165. The maximum atomic E-state index is 12.4. The fraction of sp³-hybridized carbons (Fsp3) is 0.857. The van der Waals surface area contributed by atoms with Gasteiger partial charge in [-0.2, -0.15) is 0 Å². The Hall–Kier alpha value is -1.36. The van der Waals surface area contributed by atoms with E-state index in [-0.39, 0.29) is 35.5 Å². The predicted octanol–water partition coefficient (Wildman–Crippen LogP) is 5.09. The lowest BCUT2D eigenvalue weighted by atomic mass is 9.86. The van der Waals surface area contributed by atoms with Crippen molar-refractivity contribution in [2.75, 3.05) is 52.5 Å². The molecule has 0 aromatic rings. The molecule has 38 heavy (non-hydrogen) atoms. The van der Waals surface area contributed by atoms with Crippen LogP contribution in [0.15, 0.2) is 0 Å². The lowest BCUT2D eigenvalue weighted by Gasteiger charge is -2.37. The predicted molar refractivity (Wildman–Crippen MR) is 160 cm³/mol. The zero-order valence-electron chi connectivity index (χ0n) is 24.7. The van der Waals surface area contributed by atoms with Gasteiger partial charge in [0.05, 0.1) is 12.6 Å². The van der Waals surface area contributed by atoms with Gasteiger partial charge in [0.25, 0.3) is 0 Å². The highest BCUT2D eigenvalue weighted by atomic mass is 32.1. The molecule has 0 saturated carbocycles. The normalized spacial score (nSPS) is 18.0. The van der Waals surface area contributed by atoms with E-state index in [1.54, 1.807) is 4.90 Å². The topological polar surface area (TPSA) is 65.6 Å². The third-order valence-electron chi connectivity index (χ3n) is 7.51. The van der Waals surface area contributed by atoms with Crippen LogP contribution in [0.4, 0.5) is 4.79 Å². The zero-order valence-corrected chi connectivity index (χ0v) is 26.3. The van der Waals surface area contributed by atoms with Gasteiger partial charge in [0, 0.05) is 45.0 Å². The highest BCUT2D eigenvalue weighted by molar-refractivity contribution is 7.82. The van der Waals surface area contributed by atoms with E-state index in [1.807, 2.05) is 6.92 Å². The Kier molecular flexibility index (Phi) is 12.8. The van der Waals surface area contributed by atoms with Crippen molar-refractivity contribution >= 4 is 46.5 Å². The van der Waals surface area contributed by atoms with Crippen molar-refractivity contribution in [2.24, 2.45) is 5.41 Å². The summed E-state index contributed by atoms with van der Waals surface area (Å²) in [4.78, 5) is 32.8. The summed E-state index contributed by atoms with van der Waals surface area (Å²) >= 11 is 11.2. The minimum Gasteiger partial charge on any atom is -0.381 e. The van der Waals surface area contributed by atoms with Gasteiger partial charge in [0.2, 0.25) is 5.91 Å². The Bertz CT molecular complexity index is 836. The highest BCUT2D eigenvalue weighted by Gasteiger charge is 2.39.